The first-order valence-corrected chi connectivity index (χ1v) is 4.42. The van der Waals surface area contributed by atoms with Crippen LogP contribution in [-0.4, -0.2) is 31.5 Å². The van der Waals surface area contributed by atoms with Gasteiger partial charge in [0.15, 0.2) is 17.6 Å². The highest BCUT2D eigenvalue weighted by Gasteiger charge is 2.20. The van der Waals surface area contributed by atoms with Crippen LogP contribution in [0.25, 0.3) is 0 Å². The molecule has 0 bridgehead atoms. The summed E-state index contributed by atoms with van der Waals surface area (Å²) in [6.45, 7) is 0.340. The van der Waals surface area contributed by atoms with Crippen molar-refractivity contribution in [2.75, 3.05) is 20.3 Å². The first-order valence-electron chi connectivity index (χ1n) is 4.42. The molecule has 0 radical (unpaired) electrons. The molecule has 14 heavy (non-hydrogen) atoms. The summed E-state index contributed by atoms with van der Waals surface area (Å²) in [4.78, 5) is 0. The molecule has 1 aromatic rings. The van der Waals surface area contributed by atoms with Crippen LogP contribution in [0.4, 0.5) is 0 Å². The van der Waals surface area contributed by atoms with Gasteiger partial charge in [-0.2, -0.15) is 0 Å². The number of aliphatic hydroxyl groups excluding tert-OH is 1. The zero-order valence-electron chi connectivity index (χ0n) is 7.90. The van der Waals surface area contributed by atoms with Crippen molar-refractivity contribution < 1.29 is 19.3 Å². The van der Waals surface area contributed by atoms with Crippen molar-refractivity contribution in [3.8, 4) is 17.2 Å². The van der Waals surface area contributed by atoms with Crippen molar-refractivity contribution in [3.05, 3.63) is 18.2 Å². The van der Waals surface area contributed by atoms with Crippen LogP contribution in [0.15, 0.2) is 18.2 Å². The van der Waals surface area contributed by atoms with Crippen LogP contribution in [0.1, 0.15) is 0 Å². The Kier molecular flexibility index (Phi) is 2.45. The second kappa shape index (κ2) is 3.75. The van der Waals surface area contributed by atoms with E-state index in [0.717, 1.165) is 0 Å². The fourth-order valence-electron chi connectivity index (χ4n) is 1.31. The van der Waals surface area contributed by atoms with E-state index in [1.807, 2.05) is 6.07 Å². The lowest BCUT2D eigenvalue weighted by atomic mass is 10.2. The molecule has 0 aromatic heterocycles. The molecule has 0 saturated heterocycles. The molecule has 4 nitrogen and oxygen atoms in total. The number of hydrogen-bond donors (Lipinski definition) is 1. The highest BCUT2D eigenvalue weighted by molar-refractivity contribution is 5.46. The minimum Gasteiger partial charge on any atom is -0.497 e. The van der Waals surface area contributed by atoms with Crippen LogP contribution in [0, 0.1) is 0 Å². The van der Waals surface area contributed by atoms with Crippen molar-refractivity contribution in [2.24, 2.45) is 0 Å². The molecule has 0 aliphatic carbocycles. The van der Waals surface area contributed by atoms with Gasteiger partial charge in [-0.1, -0.05) is 0 Å². The van der Waals surface area contributed by atoms with Gasteiger partial charge < -0.3 is 19.3 Å². The number of aliphatic hydroxyl groups is 1. The first kappa shape index (κ1) is 9.15. The highest BCUT2D eigenvalue weighted by atomic mass is 16.6. The third kappa shape index (κ3) is 1.61. The Hall–Kier alpha value is -1.42. The number of rotatable bonds is 2. The molecular weight excluding hydrogens is 184 g/mol. The van der Waals surface area contributed by atoms with Crippen LogP contribution in [0.3, 0.4) is 0 Å². The Balaban J connectivity index is 2.25. The Labute approximate surface area is 82.0 Å². The summed E-state index contributed by atoms with van der Waals surface area (Å²) < 4.78 is 15.9. The molecule has 76 valence electrons. The van der Waals surface area contributed by atoms with Gasteiger partial charge in [0, 0.05) is 6.07 Å². The summed E-state index contributed by atoms with van der Waals surface area (Å²) in [5.41, 5.74) is 0. The summed E-state index contributed by atoms with van der Waals surface area (Å²) in [5.74, 6) is 2.02. The Morgan fingerprint density at radius 2 is 2.36 bits per heavy atom. The summed E-state index contributed by atoms with van der Waals surface area (Å²) in [6.07, 6.45) is -0.283. The predicted molar refractivity (Wildman–Crippen MR) is 50.0 cm³/mol. The van der Waals surface area contributed by atoms with E-state index in [2.05, 4.69) is 0 Å². The van der Waals surface area contributed by atoms with Crippen LogP contribution in [0.5, 0.6) is 17.2 Å². The molecule has 0 saturated carbocycles. The third-order valence-corrected chi connectivity index (χ3v) is 2.07. The summed E-state index contributed by atoms with van der Waals surface area (Å²) in [5, 5.41) is 8.91. The lowest BCUT2D eigenvalue weighted by molar-refractivity contribution is 0.0454. The molecule has 1 aliphatic heterocycles. The van der Waals surface area contributed by atoms with Gasteiger partial charge in [0.05, 0.1) is 13.7 Å². The molecule has 4 heteroatoms. The second-order valence-electron chi connectivity index (χ2n) is 3.05. The number of benzene rings is 1. The highest BCUT2D eigenvalue weighted by Crippen LogP contribution is 2.34. The van der Waals surface area contributed by atoms with E-state index in [-0.39, 0.29) is 12.7 Å². The number of fused-ring (bicyclic) bond motifs is 1. The lowest BCUT2D eigenvalue weighted by Crippen LogP contribution is -2.32. The van der Waals surface area contributed by atoms with Gasteiger partial charge in [-0.3, -0.25) is 0 Å². The molecule has 1 unspecified atom stereocenters. The van der Waals surface area contributed by atoms with Gasteiger partial charge in [0.1, 0.15) is 12.4 Å². The van der Waals surface area contributed by atoms with E-state index in [9.17, 15) is 0 Å². The number of methoxy groups -OCH3 is 1. The quantitative estimate of drug-likeness (QED) is 0.761. The zero-order chi connectivity index (χ0) is 9.97. The predicted octanol–water partition coefficient (Wildman–Crippen LogP) is 0.827. The first-order chi connectivity index (χ1) is 6.83. The molecule has 2 rings (SSSR count). The normalized spacial score (nSPS) is 19.1. The number of ether oxygens (including phenoxy) is 3. The SMILES string of the molecule is COc1ccc2c(c1)OC(CO)CO2. The average molecular weight is 196 g/mol. The summed E-state index contributed by atoms with van der Waals surface area (Å²) in [6, 6.07) is 5.35. The van der Waals surface area contributed by atoms with Gasteiger partial charge in [0.2, 0.25) is 0 Å². The molecular formula is C10H12O4. The smallest absolute Gasteiger partial charge is 0.165 e. The monoisotopic (exact) mass is 196 g/mol. The lowest BCUT2D eigenvalue weighted by Gasteiger charge is -2.25. The van der Waals surface area contributed by atoms with Crippen molar-refractivity contribution in [1.82, 2.24) is 0 Å². The van der Waals surface area contributed by atoms with E-state index < -0.39 is 0 Å². The molecule has 1 heterocycles. The van der Waals surface area contributed by atoms with E-state index >= 15 is 0 Å². The largest absolute Gasteiger partial charge is 0.497 e. The minimum atomic E-state index is -0.283. The standard InChI is InChI=1S/C10H12O4/c1-12-7-2-3-9-10(4-7)14-8(5-11)6-13-9/h2-4,8,11H,5-6H2,1H3. The van der Waals surface area contributed by atoms with Gasteiger partial charge in [0.25, 0.3) is 0 Å². The maximum Gasteiger partial charge on any atom is 0.165 e. The maximum atomic E-state index is 8.91. The second-order valence-corrected chi connectivity index (χ2v) is 3.05. The van der Waals surface area contributed by atoms with Crippen LogP contribution >= 0.6 is 0 Å². The summed E-state index contributed by atoms with van der Waals surface area (Å²) >= 11 is 0. The number of hydrogen-bond acceptors (Lipinski definition) is 4. The van der Waals surface area contributed by atoms with Crippen LogP contribution in [-0.2, 0) is 0 Å². The fraction of sp³-hybridized carbons (Fsp3) is 0.400. The molecule has 0 amide bonds. The molecule has 1 aromatic carbocycles. The van der Waals surface area contributed by atoms with Gasteiger partial charge in [-0.05, 0) is 12.1 Å². The average Bonchev–Trinajstić information content (AvgIpc) is 2.27. The molecule has 0 spiro atoms. The van der Waals surface area contributed by atoms with Crippen molar-refractivity contribution >= 4 is 0 Å². The van der Waals surface area contributed by atoms with Crippen molar-refractivity contribution in [3.63, 3.8) is 0 Å². The summed E-state index contributed by atoms with van der Waals surface area (Å²) in [7, 11) is 1.59. The topological polar surface area (TPSA) is 47.9 Å². The third-order valence-electron chi connectivity index (χ3n) is 2.07. The maximum absolute atomic E-state index is 8.91. The van der Waals surface area contributed by atoms with E-state index in [1.165, 1.54) is 0 Å². The Morgan fingerprint density at radius 1 is 1.50 bits per heavy atom. The van der Waals surface area contributed by atoms with Gasteiger partial charge >= 0.3 is 0 Å². The zero-order valence-corrected chi connectivity index (χ0v) is 7.90. The van der Waals surface area contributed by atoms with Crippen LogP contribution < -0.4 is 14.2 Å². The van der Waals surface area contributed by atoms with Crippen molar-refractivity contribution in [1.29, 1.82) is 0 Å². The van der Waals surface area contributed by atoms with E-state index in [4.69, 9.17) is 19.3 Å². The molecule has 0 fully saturated rings. The van der Waals surface area contributed by atoms with Gasteiger partial charge in [-0.15, -0.1) is 0 Å². The van der Waals surface area contributed by atoms with Crippen molar-refractivity contribution in [2.45, 2.75) is 6.10 Å². The van der Waals surface area contributed by atoms with E-state index in [1.54, 1.807) is 19.2 Å². The van der Waals surface area contributed by atoms with Gasteiger partial charge in [-0.25, -0.2) is 0 Å². The molecule has 1 N–H and O–H groups in total. The van der Waals surface area contributed by atoms with E-state index in [0.29, 0.717) is 23.9 Å². The fourth-order valence-corrected chi connectivity index (χ4v) is 1.31. The molecule has 1 atom stereocenters. The Morgan fingerprint density at radius 3 is 3.07 bits per heavy atom. The Bertz CT molecular complexity index is 324. The molecule has 1 aliphatic rings. The van der Waals surface area contributed by atoms with Crippen LogP contribution in [0.2, 0.25) is 0 Å². The minimum absolute atomic E-state index is 0.0450.